The highest BCUT2D eigenvalue weighted by molar-refractivity contribution is 4.78. The third-order valence-electron chi connectivity index (χ3n) is 3.29. The van der Waals surface area contributed by atoms with Gasteiger partial charge in [0.1, 0.15) is 0 Å². The van der Waals surface area contributed by atoms with Crippen molar-refractivity contribution >= 4 is 0 Å². The maximum Gasteiger partial charge on any atom is 0.0195 e. The number of rotatable bonds is 7. The SMILES string of the molecule is CC(C)CCN(CC(C)C)CC1CCCN1. The summed E-state index contributed by atoms with van der Waals surface area (Å²) < 4.78 is 0. The van der Waals surface area contributed by atoms with Gasteiger partial charge >= 0.3 is 0 Å². The summed E-state index contributed by atoms with van der Waals surface area (Å²) in [6.45, 7) is 14.3. The predicted octanol–water partition coefficient (Wildman–Crippen LogP) is 2.74. The normalized spacial score (nSPS) is 21.6. The summed E-state index contributed by atoms with van der Waals surface area (Å²) >= 11 is 0. The zero-order chi connectivity index (χ0) is 12.0. The van der Waals surface area contributed by atoms with Crippen LogP contribution < -0.4 is 5.32 Å². The van der Waals surface area contributed by atoms with Gasteiger partial charge in [-0.1, -0.05) is 27.7 Å². The monoisotopic (exact) mass is 226 g/mol. The van der Waals surface area contributed by atoms with Crippen molar-refractivity contribution in [3.8, 4) is 0 Å². The molecule has 0 aromatic carbocycles. The van der Waals surface area contributed by atoms with E-state index in [1.54, 1.807) is 0 Å². The molecule has 1 saturated heterocycles. The lowest BCUT2D eigenvalue weighted by atomic mass is 10.1. The molecular formula is C14H30N2. The molecule has 0 spiro atoms. The first-order valence-corrected chi connectivity index (χ1v) is 7.03. The van der Waals surface area contributed by atoms with Gasteiger partial charge in [0.05, 0.1) is 0 Å². The summed E-state index contributed by atoms with van der Waals surface area (Å²) in [6.07, 6.45) is 4.07. The van der Waals surface area contributed by atoms with Gasteiger partial charge in [0, 0.05) is 19.1 Å². The zero-order valence-electron chi connectivity index (χ0n) is 11.6. The average molecular weight is 226 g/mol. The third-order valence-corrected chi connectivity index (χ3v) is 3.29. The predicted molar refractivity (Wildman–Crippen MR) is 71.8 cm³/mol. The molecule has 0 saturated carbocycles. The Kier molecular flexibility index (Phi) is 6.37. The first-order valence-electron chi connectivity index (χ1n) is 7.03. The standard InChI is InChI=1S/C14H30N2/c1-12(2)7-9-16(10-13(3)4)11-14-6-5-8-15-14/h12-15H,5-11H2,1-4H3. The van der Waals surface area contributed by atoms with E-state index in [4.69, 9.17) is 0 Å². The molecule has 2 nitrogen and oxygen atoms in total. The molecule has 0 aromatic rings. The first-order chi connectivity index (χ1) is 7.58. The fourth-order valence-electron chi connectivity index (χ4n) is 2.44. The Labute approximate surface area is 102 Å². The molecule has 1 unspecified atom stereocenters. The molecule has 0 amide bonds. The molecule has 1 fully saturated rings. The Morgan fingerprint density at radius 2 is 1.94 bits per heavy atom. The smallest absolute Gasteiger partial charge is 0.0195 e. The highest BCUT2D eigenvalue weighted by Gasteiger charge is 2.18. The van der Waals surface area contributed by atoms with Crippen molar-refractivity contribution in [2.24, 2.45) is 11.8 Å². The summed E-state index contributed by atoms with van der Waals surface area (Å²) in [5.41, 5.74) is 0. The minimum atomic E-state index is 0.755. The van der Waals surface area contributed by atoms with Crippen molar-refractivity contribution in [1.82, 2.24) is 10.2 Å². The zero-order valence-corrected chi connectivity index (χ0v) is 11.6. The van der Waals surface area contributed by atoms with E-state index >= 15 is 0 Å². The van der Waals surface area contributed by atoms with Crippen LogP contribution in [0.15, 0.2) is 0 Å². The Morgan fingerprint density at radius 1 is 1.19 bits per heavy atom. The van der Waals surface area contributed by atoms with Crippen LogP contribution in [0.5, 0.6) is 0 Å². The largest absolute Gasteiger partial charge is 0.313 e. The Morgan fingerprint density at radius 3 is 2.44 bits per heavy atom. The second-order valence-corrected chi connectivity index (χ2v) is 6.13. The van der Waals surface area contributed by atoms with Gasteiger partial charge in [0.15, 0.2) is 0 Å². The number of hydrogen-bond donors (Lipinski definition) is 1. The lowest BCUT2D eigenvalue weighted by Gasteiger charge is -2.27. The average Bonchev–Trinajstić information content (AvgIpc) is 2.66. The second-order valence-electron chi connectivity index (χ2n) is 6.13. The van der Waals surface area contributed by atoms with E-state index in [0.717, 1.165) is 17.9 Å². The van der Waals surface area contributed by atoms with Crippen LogP contribution in [0.1, 0.15) is 47.0 Å². The van der Waals surface area contributed by atoms with E-state index in [-0.39, 0.29) is 0 Å². The van der Waals surface area contributed by atoms with E-state index in [1.165, 1.54) is 45.4 Å². The molecule has 0 aliphatic carbocycles. The topological polar surface area (TPSA) is 15.3 Å². The molecule has 1 rings (SSSR count). The number of hydrogen-bond acceptors (Lipinski definition) is 2. The minimum Gasteiger partial charge on any atom is -0.313 e. The van der Waals surface area contributed by atoms with Gasteiger partial charge in [-0.3, -0.25) is 0 Å². The van der Waals surface area contributed by atoms with Gasteiger partial charge in [0.2, 0.25) is 0 Å². The van der Waals surface area contributed by atoms with Crippen molar-refractivity contribution in [2.75, 3.05) is 26.2 Å². The van der Waals surface area contributed by atoms with Crippen molar-refractivity contribution in [1.29, 1.82) is 0 Å². The lowest BCUT2D eigenvalue weighted by Crippen LogP contribution is -2.40. The van der Waals surface area contributed by atoms with Crippen LogP contribution in [0.25, 0.3) is 0 Å². The maximum atomic E-state index is 3.61. The van der Waals surface area contributed by atoms with Gasteiger partial charge in [0.25, 0.3) is 0 Å². The fourth-order valence-corrected chi connectivity index (χ4v) is 2.44. The van der Waals surface area contributed by atoms with Gasteiger partial charge in [-0.15, -0.1) is 0 Å². The third kappa shape index (κ3) is 5.86. The molecule has 2 heteroatoms. The Hall–Kier alpha value is -0.0800. The van der Waals surface area contributed by atoms with Crippen LogP contribution >= 0.6 is 0 Å². The first kappa shape index (κ1) is 14.0. The van der Waals surface area contributed by atoms with E-state index in [2.05, 4.69) is 37.9 Å². The number of nitrogens with one attached hydrogen (secondary N) is 1. The van der Waals surface area contributed by atoms with Crippen LogP contribution in [0.3, 0.4) is 0 Å². The van der Waals surface area contributed by atoms with E-state index in [1.807, 2.05) is 0 Å². The fraction of sp³-hybridized carbons (Fsp3) is 1.00. The molecule has 1 atom stereocenters. The van der Waals surface area contributed by atoms with E-state index in [0.29, 0.717) is 0 Å². The van der Waals surface area contributed by atoms with Crippen LogP contribution in [0.2, 0.25) is 0 Å². The highest BCUT2D eigenvalue weighted by Crippen LogP contribution is 2.10. The molecule has 1 N–H and O–H groups in total. The molecule has 1 aliphatic heterocycles. The van der Waals surface area contributed by atoms with Crippen LogP contribution in [0.4, 0.5) is 0 Å². The molecule has 1 heterocycles. The minimum absolute atomic E-state index is 0.755. The summed E-state index contributed by atoms with van der Waals surface area (Å²) in [6, 6.07) is 0.755. The summed E-state index contributed by atoms with van der Waals surface area (Å²) in [5.74, 6) is 1.61. The highest BCUT2D eigenvalue weighted by atomic mass is 15.2. The van der Waals surface area contributed by atoms with E-state index < -0.39 is 0 Å². The van der Waals surface area contributed by atoms with Crippen molar-refractivity contribution < 1.29 is 0 Å². The molecule has 96 valence electrons. The Balaban J connectivity index is 2.29. The molecule has 0 radical (unpaired) electrons. The summed E-state index contributed by atoms with van der Waals surface area (Å²) in [4.78, 5) is 2.66. The van der Waals surface area contributed by atoms with Crippen molar-refractivity contribution in [2.45, 2.75) is 53.0 Å². The van der Waals surface area contributed by atoms with Gasteiger partial charge < -0.3 is 10.2 Å². The molecule has 0 bridgehead atoms. The maximum absolute atomic E-state index is 3.61. The van der Waals surface area contributed by atoms with Gasteiger partial charge in [-0.05, 0) is 44.2 Å². The van der Waals surface area contributed by atoms with Crippen molar-refractivity contribution in [3.05, 3.63) is 0 Å². The molecule has 0 aromatic heterocycles. The molecular weight excluding hydrogens is 196 g/mol. The summed E-state index contributed by atoms with van der Waals surface area (Å²) in [5, 5.41) is 3.61. The van der Waals surface area contributed by atoms with Crippen LogP contribution in [0, 0.1) is 11.8 Å². The quantitative estimate of drug-likeness (QED) is 0.718. The van der Waals surface area contributed by atoms with Crippen LogP contribution in [-0.2, 0) is 0 Å². The lowest BCUT2D eigenvalue weighted by molar-refractivity contribution is 0.213. The Bertz CT molecular complexity index is 172. The number of nitrogens with zero attached hydrogens (tertiary/aromatic N) is 1. The summed E-state index contributed by atoms with van der Waals surface area (Å²) in [7, 11) is 0. The molecule has 16 heavy (non-hydrogen) atoms. The van der Waals surface area contributed by atoms with Crippen LogP contribution in [-0.4, -0.2) is 37.1 Å². The van der Waals surface area contributed by atoms with E-state index in [9.17, 15) is 0 Å². The van der Waals surface area contributed by atoms with Gasteiger partial charge in [-0.25, -0.2) is 0 Å². The van der Waals surface area contributed by atoms with Crippen molar-refractivity contribution in [3.63, 3.8) is 0 Å². The van der Waals surface area contributed by atoms with Gasteiger partial charge in [-0.2, -0.15) is 0 Å². The second kappa shape index (κ2) is 7.29. The molecule has 1 aliphatic rings.